The fourth-order valence-corrected chi connectivity index (χ4v) is 4.85. The number of carbonyl (C=O) groups excluding carboxylic acids is 1. The first-order chi connectivity index (χ1) is 15.6. The molecule has 0 spiro atoms. The second-order valence-electron chi connectivity index (χ2n) is 8.13. The minimum atomic E-state index is -0.190. The summed E-state index contributed by atoms with van der Waals surface area (Å²) >= 11 is 1.44. The fraction of sp³-hybridized carbons (Fsp3) is 0.231. The Morgan fingerprint density at radius 2 is 1.72 bits per heavy atom. The van der Waals surface area contributed by atoms with Gasteiger partial charge in [0.15, 0.2) is 5.17 Å². The molecule has 32 heavy (non-hydrogen) atoms. The third kappa shape index (κ3) is 4.71. The average Bonchev–Trinajstić information content (AvgIpc) is 3.43. The molecule has 0 bridgehead atoms. The van der Waals surface area contributed by atoms with Crippen molar-refractivity contribution in [3.63, 3.8) is 0 Å². The van der Waals surface area contributed by atoms with Gasteiger partial charge in [-0.25, -0.2) is 0 Å². The number of rotatable bonds is 4. The maximum atomic E-state index is 12.5. The van der Waals surface area contributed by atoms with Gasteiger partial charge in [0.2, 0.25) is 0 Å². The van der Waals surface area contributed by atoms with Gasteiger partial charge in [-0.05, 0) is 36.4 Å². The number of carbonyl (C=O) groups is 1. The average molecular weight is 444 g/mol. The predicted octanol–water partition coefficient (Wildman–Crippen LogP) is 5.04. The van der Waals surface area contributed by atoms with Crippen molar-refractivity contribution in [2.45, 2.75) is 13.5 Å². The molecule has 1 fully saturated rings. The molecule has 2 aliphatic rings. The highest BCUT2D eigenvalue weighted by Gasteiger charge is 2.28. The van der Waals surface area contributed by atoms with Gasteiger partial charge in [-0.3, -0.25) is 9.69 Å². The Hall–Kier alpha value is -3.09. The van der Waals surface area contributed by atoms with Gasteiger partial charge in [0.25, 0.3) is 5.91 Å². The van der Waals surface area contributed by atoms with Crippen LogP contribution in [0.5, 0.6) is 0 Å². The summed E-state index contributed by atoms with van der Waals surface area (Å²) in [6, 6.07) is 22.6. The van der Waals surface area contributed by atoms with Crippen LogP contribution in [-0.4, -0.2) is 47.1 Å². The zero-order valence-electron chi connectivity index (χ0n) is 18.0. The number of aryl methyl sites for hydroxylation is 1. The maximum absolute atomic E-state index is 12.5. The van der Waals surface area contributed by atoms with E-state index in [1.165, 1.54) is 22.9 Å². The zero-order valence-corrected chi connectivity index (χ0v) is 18.8. The quantitative estimate of drug-likeness (QED) is 0.529. The standard InChI is InChI=1S/C26H25N3O2S/c1-19-7-9-21(10-8-19)23-12-11-22(31-23)17-24-25(30)27-26(32-24)29-15-13-28(14-16-29)18-20-5-3-2-4-6-20/h2-12,17H,13-16,18H2,1H3/b24-17-. The summed E-state index contributed by atoms with van der Waals surface area (Å²) in [5, 5.41) is 0.797. The molecule has 5 nitrogen and oxygen atoms in total. The minimum Gasteiger partial charge on any atom is -0.457 e. The molecule has 3 aromatic rings. The van der Waals surface area contributed by atoms with E-state index < -0.39 is 0 Å². The van der Waals surface area contributed by atoms with Gasteiger partial charge in [-0.15, -0.1) is 0 Å². The topological polar surface area (TPSA) is 49.0 Å². The van der Waals surface area contributed by atoms with Gasteiger partial charge < -0.3 is 9.32 Å². The van der Waals surface area contributed by atoms with E-state index in [2.05, 4.69) is 58.1 Å². The Kier molecular flexibility index (Phi) is 5.97. The fourth-order valence-electron chi connectivity index (χ4n) is 3.90. The van der Waals surface area contributed by atoms with Crippen molar-refractivity contribution < 1.29 is 9.21 Å². The Balaban J connectivity index is 1.20. The number of benzene rings is 2. The number of amides is 1. The van der Waals surface area contributed by atoms with E-state index in [0.717, 1.165) is 49.2 Å². The summed E-state index contributed by atoms with van der Waals surface area (Å²) in [4.78, 5) is 22.1. The molecule has 5 rings (SSSR count). The van der Waals surface area contributed by atoms with Crippen LogP contribution in [0, 0.1) is 6.92 Å². The number of thioether (sulfide) groups is 1. The molecule has 0 unspecified atom stereocenters. The zero-order chi connectivity index (χ0) is 21.9. The van der Waals surface area contributed by atoms with Crippen LogP contribution in [0.25, 0.3) is 17.4 Å². The molecule has 1 amide bonds. The molecule has 162 valence electrons. The first-order valence-corrected chi connectivity index (χ1v) is 11.7. The molecular weight excluding hydrogens is 418 g/mol. The smallest absolute Gasteiger partial charge is 0.286 e. The van der Waals surface area contributed by atoms with E-state index in [4.69, 9.17) is 4.42 Å². The van der Waals surface area contributed by atoms with Gasteiger partial charge in [-0.1, -0.05) is 60.2 Å². The summed E-state index contributed by atoms with van der Waals surface area (Å²) in [6.07, 6.45) is 1.80. The summed E-state index contributed by atoms with van der Waals surface area (Å²) in [7, 11) is 0. The van der Waals surface area contributed by atoms with Crippen LogP contribution in [-0.2, 0) is 11.3 Å². The third-order valence-electron chi connectivity index (χ3n) is 5.74. The molecule has 6 heteroatoms. The molecule has 1 aromatic heterocycles. The van der Waals surface area contributed by atoms with E-state index in [-0.39, 0.29) is 5.91 Å². The van der Waals surface area contributed by atoms with E-state index in [1.54, 1.807) is 6.08 Å². The first kappa shape index (κ1) is 20.8. The number of furan rings is 1. The van der Waals surface area contributed by atoms with Crippen molar-refractivity contribution in [1.29, 1.82) is 0 Å². The van der Waals surface area contributed by atoms with Crippen LogP contribution < -0.4 is 0 Å². The normalized spacial score (nSPS) is 18.4. The lowest BCUT2D eigenvalue weighted by Crippen LogP contribution is -2.47. The number of aliphatic imine (C=N–C) groups is 1. The molecule has 0 radical (unpaired) electrons. The molecular formula is C26H25N3O2S. The molecule has 0 saturated carbocycles. The van der Waals surface area contributed by atoms with Crippen LogP contribution in [0.1, 0.15) is 16.9 Å². The van der Waals surface area contributed by atoms with Gasteiger partial charge in [0, 0.05) is 44.4 Å². The van der Waals surface area contributed by atoms with Gasteiger partial charge >= 0.3 is 0 Å². The highest BCUT2D eigenvalue weighted by molar-refractivity contribution is 8.18. The molecule has 0 aliphatic carbocycles. The van der Waals surface area contributed by atoms with Gasteiger partial charge in [0.05, 0.1) is 4.91 Å². The van der Waals surface area contributed by atoms with Crippen molar-refractivity contribution in [2.75, 3.05) is 26.2 Å². The van der Waals surface area contributed by atoms with Crippen molar-refractivity contribution >= 4 is 28.9 Å². The van der Waals surface area contributed by atoms with Crippen LogP contribution in [0.3, 0.4) is 0 Å². The van der Waals surface area contributed by atoms with Gasteiger partial charge in [0.1, 0.15) is 11.5 Å². The largest absolute Gasteiger partial charge is 0.457 e. The molecule has 1 saturated heterocycles. The lowest BCUT2D eigenvalue weighted by molar-refractivity contribution is -0.113. The van der Waals surface area contributed by atoms with E-state index >= 15 is 0 Å². The summed E-state index contributed by atoms with van der Waals surface area (Å²) in [5.41, 5.74) is 3.56. The SMILES string of the molecule is Cc1ccc(-c2ccc(/C=C3\SC(N4CCN(Cc5ccccc5)CC4)=NC3=O)o2)cc1. The Morgan fingerprint density at radius 1 is 0.969 bits per heavy atom. The van der Waals surface area contributed by atoms with Crippen LogP contribution in [0.2, 0.25) is 0 Å². The maximum Gasteiger partial charge on any atom is 0.286 e. The third-order valence-corrected chi connectivity index (χ3v) is 6.78. The van der Waals surface area contributed by atoms with Crippen molar-refractivity contribution in [3.05, 3.63) is 88.5 Å². The Labute approximate surface area is 192 Å². The second-order valence-corrected chi connectivity index (χ2v) is 9.14. The lowest BCUT2D eigenvalue weighted by Gasteiger charge is -2.35. The second kappa shape index (κ2) is 9.18. The molecule has 3 heterocycles. The monoisotopic (exact) mass is 443 g/mol. The van der Waals surface area contributed by atoms with E-state index in [1.807, 2.05) is 30.3 Å². The number of hydrogen-bond donors (Lipinski definition) is 0. The molecule has 2 aliphatic heterocycles. The molecule has 0 N–H and O–H groups in total. The summed E-state index contributed by atoms with van der Waals surface area (Å²) < 4.78 is 5.96. The lowest BCUT2D eigenvalue weighted by atomic mass is 10.1. The van der Waals surface area contributed by atoms with E-state index in [0.29, 0.717) is 10.7 Å². The highest BCUT2D eigenvalue weighted by Crippen LogP contribution is 2.32. The van der Waals surface area contributed by atoms with Crippen LogP contribution in [0.4, 0.5) is 0 Å². The predicted molar refractivity (Wildman–Crippen MR) is 130 cm³/mol. The minimum absolute atomic E-state index is 0.190. The van der Waals surface area contributed by atoms with Crippen molar-refractivity contribution in [2.24, 2.45) is 4.99 Å². The highest BCUT2D eigenvalue weighted by atomic mass is 32.2. The van der Waals surface area contributed by atoms with Crippen LogP contribution in [0.15, 0.2) is 81.0 Å². The number of amidine groups is 1. The molecule has 0 atom stereocenters. The molecule has 2 aromatic carbocycles. The first-order valence-electron chi connectivity index (χ1n) is 10.8. The van der Waals surface area contributed by atoms with Crippen LogP contribution >= 0.6 is 11.8 Å². The number of nitrogens with zero attached hydrogens (tertiary/aromatic N) is 3. The number of piperazine rings is 1. The van der Waals surface area contributed by atoms with Gasteiger partial charge in [-0.2, -0.15) is 4.99 Å². The summed E-state index contributed by atoms with van der Waals surface area (Å²) in [6.45, 7) is 6.68. The van der Waals surface area contributed by atoms with E-state index in [9.17, 15) is 4.79 Å². The number of hydrogen-bond acceptors (Lipinski definition) is 5. The Bertz CT molecular complexity index is 1160. The summed E-state index contributed by atoms with van der Waals surface area (Å²) in [5.74, 6) is 1.27. The Morgan fingerprint density at radius 3 is 2.47 bits per heavy atom. The van der Waals surface area contributed by atoms with Crippen molar-refractivity contribution in [1.82, 2.24) is 9.80 Å². The van der Waals surface area contributed by atoms with Crippen molar-refractivity contribution in [3.8, 4) is 11.3 Å².